The number of hydrogen-bond acceptors (Lipinski definition) is 4. The van der Waals surface area contributed by atoms with E-state index in [9.17, 15) is 0 Å². The third kappa shape index (κ3) is 2.61. The maximum Gasteiger partial charge on any atom is 0.215 e. The zero-order valence-electron chi connectivity index (χ0n) is 18.7. The van der Waals surface area contributed by atoms with Crippen LogP contribution in [0.25, 0.3) is 10.8 Å². The van der Waals surface area contributed by atoms with Crippen molar-refractivity contribution in [1.82, 2.24) is 0 Å². The highest BCUT2D eigenvalue weighted by atomic mass is 16.5. The fourth-order valence-corrected chi connectivity index (χ4v) is 5.32. The summed E-state index contributed by atoms with van der Waals surface area (Å²) in [6.45, 7) is 9.05. The van der Waals surface area contributed by atoms with Gasteiger partial charge in [0.2, 0.25) is 5.90 Å². The van der Waals surface area contributed by atoms with E-state index in [-0.39, 0.29) is 5.90 Å². The van der Waals surface area contributed by atoms with Gasteiger partial charge in [-0.2, -0.15) is 0 Å². The van der Waals surface area contributed by atoms with Gasteiger partial charge in [-0.05, 0) is 48.9 Å². The number of nitrogens with zero attached hydrogens (tertiary/aromatic N) is 1. The van der Waals surface area contributed by atoms with Gasteiger partial charge in [0.15, 0.2) is 5.60 Å². The van der Waals surface area contributed by atoms with Crippen molar-refractivity contribution in [1.29, 1.82) is 5.41 Å². The normalized spacial score (nSPS) is 17.7. The molecule has 1 N–H and O–H groups in total. The van der Waals surface area contributed by atoms with Crippen LogP contribution < -0.4 is 9.64 Å². The number of ether oxygens (including phenoxy) is 2. The molecule has 4 nitrogen and oxygen atoms in total. The number of anilines is 1. The molecular weight excluding hydrogens is 408 g/mol. The monoisotopic (exact) mass is 432 g/mol. The molecule has 0 radical (unpaired) electrons. The van der Waals surface area contributed by atoms with Crippen LogP contribution in [0.4, 0.5) is 5.69 Å². The lowest BCUT2D eigenvalue weighted by Gasteiger charge is -2.38. The van der Waals surface area contributed by atoms with E-state index < -0.39 is 5.60 Å². The average molecular weight is 433 g/mol. The van der Waals surface area contributed by atoms with Crippen LogP contribution in [0.2, 0.25) is 0 Å². The van der Waals surface area contributed by atoms with Crippen molar-refractivity contribution in [2.75, 3.05) is 11.4 Å². The Morgan fingerprint density at radius 3 is 2.55 bits per heavy atom. The second-order valence-electron chi connectivity index (χ2n) is 8.58. The van der Waals surface area contributed by atoms with Crippen molar-refractivity contribution in [3.8, 4) is 11.5 Å². The number of rotatable bonds is 3. The summed E-state index contributed by atoms with van der Waals surface area (Å²) >= 11 is 0. The molecule has 6 rings (SSSR count). The smallest absolute Gasteiger partial charge is 0.215 e. The van der Waals surface area contributed by atoms with Gasteiger partial charge >= 0.3 is 0 Å². The molecule has 4 heteroatoms. The van der Waals surface area contributed by atoms with Crippen LogP contribution in [-0.2, 0) is 10.3 Å². The van der Waals surface area contributed by atoms with E-state index >= 15 is 0 Å². The first-order valence-electron chi connectivity index (χ1n) is 11.2. The van der Waals surface area contributed by atoms with E-state index in [1.54, 1.807) is 0 Å². The lowest BCUT2D eigenvalue weighted by molar-refractivity contribution is 0.144. The molecular formula is C29H24N2O2. The summed E-state index contributed by atoms with van der Waals surface area (Å²) in [4.78, 5) is 2.15. The molecule has 2 aliphatic heterocycles. The highest BCUT2D eigenvalue weighted by Gasteiger charge is 2.53. The summed E-state index contributed by atoms with van der Waals surface area (Å²) in [5.74, 6) is 1.67. The van der Waals surface area contributed by atoms with Gasteiger partial charge < -0.3 is 14.4 Å². The standard InChI is InChI=1S/C29H24N2O2/c1-4-31(18(2)3)20-14-15-24-26(17-20)32-25-16-13-19-9-5-6-10-21(19)27(25)29(24)23-12-8-7-11-22(23)28(30)33-29/h5-17,30H,2,4H2,1,3H3. The largest absolute Gasteiger partial charge is 0.456 e. The second kappa shape index (κ2) is 6.97. The first-order chi connectivity index (χ1) is 16.0. The van der Waals surface area contributed by atoms with E-state index in [1.165, 1.54) is 0 Å². The van der Waals surface area contributed by atoms with Crippen LogP contribution in [0, 0.1) is 5.41 Å². The Kier molecular flexibility index (Phi) is 4.15. The summed E-state index contributed by atoms with van der Waals surface area (Å²) in [5, 5.41) is 10.9. The van der Waals surface area contributed by atoms with Crippen LogP contribution in [-0.4, -0.2) is 12.4 Å². The third-order valence-corrected chi connectivity index (χ3v) is 6.70. The quantitative estimate of drug-likeness (QED) is 0.381. The number of benzene rings is 4. The highest BCUT2D eigenvalue weighted by molar-refractivity contribution is 6.01. The minimum atomic E-state index is -0.948. The Balaban J connectivity index is 1.70. The first kappa shape index (κ1) is 19.6. The minimum absolute atomic E-state index is 0.179. The third-order valence-electron chi connectivity index (χ3n) is 6.70. The van der Waals surface area contributed by atoms with E-state index in [0.29, 0.717) is 0 Å². The van der Waals surface area contributed by atoms with Crippen molar-refractivity contribution in [3.63, 3.8) is 0 Å². The van der Waals surface area contributed by atoms with E-state index in [1.807, 2.05) is 43.3 Å². The molecule has 2 aliphatic rings. The average Bonchev–Trinajstić information content (AvgIpc) is 3.12. The predicted molar refractivity (Wildman–Crippen MR) is 133 cm³/mol. The number of nitrogens with one attached hydrogen (secondary N) is 1. The second-order valence-corrected chi connectivity index (χ2v) is 8.58. The van der Waals surface area contributed by atoms with E-state index in [2.05, 4.69) is 60.9 Å². The van der Waals surface area contributed by atoms with Gasteiger partial charge in [0.1, 0.15) is 11.5 Å². The summed E-state index contributed by atoms with van der Waals surface area (Å²) < 4.78 is 13.1. The van der Waals surface area contributed by atoms with Crippen molar-refractivity contribution < 1.29 is 9.47 Å². The van der Waals surface area contributed by atoms with Gasteiger partial charge in [0.25, 0.3) is 0 Å². The van der Waals surface area contributed by atoms with Crippen LogP contribution in [0.1, 0.15) is 36.1 Å². The zero-order chi connectivity index (χ0) is 22.7. The fourth-order valence-electron chi connectivity index (χ4n) is 5.32. The van der Waals surface area contributed by atoms with Crippen LogP contribution in [0.15, 0.2) is 91.1 Å². The molecule has 1 atom stereocenters. The maximum absolute atomic E-state index is 8.70. The molecule has 1 unspecified atom stereocenters. The lowest BCUT2D eigenvalue weighted by Crippen LogP contribution is -2.33. The minimum Gasteiger partial charge on any atom is -0.456 e. The van der Waals surface area contributed by atoms with Crippen molar-refractivity contribution >= 4 is 22.4 Å². The molecule has 4 aromatic carbocycles. The van der Waals surface area contributed by atoms with Crippen molar-refractivity contribution in [2.45, 2.75) is 19.4 Å². The molecule has 0 bridgehead atoms. The van der Waals surface area contributed by atoms with Crippen molar-refractivity contribution in [2.24, 2.45) is 0 Å². The summed E-state index contributed by atoms with van der Waals surface area (Å²) in [5.41, 5.74) is 4.67. The van der Waals surface area contributed by atoms with Gasteiger partial charge in [-0.25, -0.2) is 0 Å². The van der Waals surface area contributed by atoms with Crippen LogP contribution in [0.3, 0.4) is 0 Å². The highest BCUT2D eigenvalue weighted by Crippen LogP contribution is 2.58. The molecule has 0 saturated heterocycles. The number of hydrogen-bond donors (Lipinski definition) is 1. The Bertz CT molecular complexity index is 1470. The molecule has 33 heavy (non-hydrogen) atoms. The Morgan fingerprint density at radius 2 is 1.73 bits per heavy atom. The van der Waals surface area contributed by atoms with Crippen molar-refractivity contribution in [3.05, 3.63) is 113 Å². The Hall–Kier alpha value is -4.05. The van der Waals surface area contributed by atoms with Gasteiger partial charge in [-0.1, -0.05) is 55.1 Å². The van der Waals surface area contributed by atoms with Gasteiger partial charge in [-0.15, -0.1) is 0 Å². The topological polar surface area (TPSA) is 45.6 Å². The van der Waals surface area contributed by atoms with Gasteiger partial charge in [-0.3, -0.25) is 5.41 Å². The summed E-state index contributed by atoms with van der Waals surface area (Å²) in [7, 11) is 0. The summed E-state index contributed by atoms with van der Waals surface area (Å²) in [6, 6.07) is 26.6. The van der Waals surface area contributed by atoms with Crippen LogP contribution in [0.5, 0.6) is 11.5 Å². The Morgan fingerprint density at radius 1 is 0.939 bits per heavy atom. The molecule has 0 aromatic heterocycles. The zero-order valence-corrected chi connectivity index (χ0v) is 18.7. The molecule has 2 heterocycles. The first-order valence-corrected chi connectivity index (χ1v) is 11.2. The number of fused-ring (bicyclic) bond motifs is 8. The molecule has 0 amide bonds. The molecule has 0 aliphatic carbocycles. The molecule has 1 spiro atoms. The van der Waals surface area contributed by atoms with E-state index in [0.717, 1.165) is 62.5 Å². The SMILES string of the molecule is C=C(C)N(CC)c1ccc2c(c1)Oc1ccc3ccccc3c1C21OC(=N)c2ccccc21. The molecule has 4 aromatic rings. The number of allylic oxidation sites excluding steroid dienone is 1. The van der Waals surface area contributed by atoms with Gasteiger partial charge in [0, 0.05) is 40.7 Å². The predicted octanol–water partition coefficient (Wildman–Crippen LogP) is 6.95. The lowest BCUT2D eigenvalue weighted by atomic mass is 9.76. The molecule has 0 saturated carbocycles. The fraction of sp³-hybridized carbons (Fsp3) is 0.138. The summed E-state index contributed by atoms with van der Waals surface area (Å²) in [6.07, 6.45) is 0. The molecule has 0 fully saturated rings. The molecule has 162 valence electrons. The van der Waals surface area contributed by atoms with Gasteiger partial charge in [0.05, 0.1) is 5.56 Å². The maximum atomic E-state index is 8.70. The Labute approximate surface area is 193 Å². The van der Waals surface area contributed by atoms with E-state index in [4.69, 9.17) is 14.9 Å². The van der Waals surface area contributed by atoms with Crippen LogP contribution >= 0.6 is 0 Å².